The normalized spacial score (nSPS) is 9.93. The Bertz CT molecular complexity index is 4520. The zero-order valence-corrected chi connectivity index (χ0v) is 73.0. The van der Waals surface area contributed by atoms with Crippen LogP contribution in [0.25, 0.3) is 94.5 Å². The molecule has 0 saturated carbocycles. The van der Waals surface area contributed by atoms with Crippen LogP contribution in [0, 0.1) is 79.5 Å². The number of hydrogen-bond donors (Lipinski definition) is 2. The van der Waals surface area contributed by atoms with E-state index in [9.17, 15) is 5.26 Å². The number of hydrogen-bond acceptors (Lipinski definition) is 13. The Morgan fingerprint density at radius 3 is 1.00 bits per heavy atom. The van der Waals surface area contributed by atoms with Gasteiger partial charge in [0, 0.05) is 137 Å². The van der Waals surface area contributed by atoms with Crippen LogP contribution in [-0.4, -0.2) is 52.1 Å². The van der Waals surface area contributed by atoms with Gasteiger partial charge in [-0.2, -0.15) is 26.3 Å². The van der Waals surface area contributed by atoms with Gasteiger partial charge in [0.2, 0.25) is 0 Å². The summed E-state index contributed by atoms with van der Waals surface area (Å²) < 4.78 is 0. The fraction of sp³-hybridized carbons (Fsp3) is 0.297. The van der Waals surface area contributed by atoms with Crippen LogP contribution in [0.5, 0.6) is 0 Å². The molecule has 0 aliphatic carbocycles. The SMILES string of the molecule is C.CC(=O)O.CC(=O)O.CC(C)(C)C.CC(C)(C)C.CC(C)(C)C.CC(C)(C)c1ccc(C#N)c(C#N)c1.N#Cc1ccc2c(c1)-c1nc-2nc2[n-]c(nc3nc(nc4[n-]c(n1)c1ccccc41)-c1ccccc1-3)c1ccccc21.[C-]#[N+]c1ccc(C#N)c(C#N)c1.[Zn+2].[Zn].[Zn].[Zn].[Zn]. The molecule has 478 valence electrons. The molecule has 3 aromatic heterocycles. The van der Waals surface area contributed by atoms with Crippen molar-refractivity contribution in [3.63, 3.8) is 0 Å². The number of aliphatic carboxylic acids is 2. The van der Waals surface area contributed by atoms with Crippen LogP contribution in [0.15, 0.2) is 127 Å². The second-order valence-electron chi connectivity index (χ2n) is 26.3. The summed E-state index contributed by atoms with van der Waals surface area (Å²) >= 11 is 0. The zero-order valence-electron chi connectivity index (χ0n) is 58.1. The number of nitrogens with zero attached hydrogens (tertiary/aromatic N) is 14. The van der Waals surface area contributed by atoms with Crippen LogP contribution in [0.3, 0.4) is 0 Å². The maximum Gasteiger partial charge on any atom is 2.00 e. The van der Waals surface area contributed by atoms with Crippen molar-refractivity contribution in [3.05, 3.63) is 172 Å². The molecule has 97 heavy (non-hydrogen) atoms. The van der Waals surface area contributed by atoms with Gasteiger partial charge in [-0.25, -0.2) is 14.8 Å². The number of rotatable bonds is 0. The van der Waals surface area contributed by atoms with Crippen LogP contribution >= 0.6 is 0 Å². The number of nitriles is 5. The van der Waals surface area contributed by atoms with Crippen LogP contribution in [-0.2, 0) is 112 Å². The number of carboxylic acids is 2. The summed E-state index contributed by atoms with van der Waals surface area (Å²) in [7, 11) is 0. The Kier molecular flexibility index (Phi) is 39.9. The van der Waals surface area contributed by atoms with E-state index in [1.165, 1.54) is 18.2 Å². The van der Waals surface area contributed by atoms with Crippen LogP contribution in [0.1, 0.15) is 159 Å². The van der Waals surface area contributed by atoms with Gasteiger partial charge >= 0.3 is 19.5 Å². The largest absolute Gasteiger partial charge is 2.00 e. The Labute approximate surface area is 634 Å². The number of fused-ring (bicyclic) bond motifs is 20. The summed E-state index contributed by atoms with van der Waals surface area (Å²) in [6.45, 7) is 41.3. The van der Waals surface area contributed by atoms with Crippen LogP contribution in [0.4, 0.5) is 5.69 Å². The molecule has 0 saturated heterocycles. The van der Waals surface area contributed by atoms with Gasteiger partial charge < -0.3 is 40.1 Å². The molecule has 18 nitrogen and oxygen atoms in total. The summed E-state index contributed by atoms with van der Waals surface area (Å²) in [6, 6.07) is 48.7. The Hall–Kier alpha value is -8.32. The number of benzene rings is 6. The molecule has 8 bridgehead atoms. The molecule has 2 N–H and O–H groups in total. The third-order valence-electron chi connectivity index (χ3n) is 11.1. The molecule has 0 amide bonds. The van der Waals surface area contributed by atoms with Crippen molar-refractivity contribution >= 4 is 61.8 Å². The zero-order chi connectivity index (χ0) is 68.2. The minimum atomic E-state index is -0.833. The number of carbonyl (C=O) groups is 2. The van der Waals surface area contributed by atoms with Gasteiger partial charge in [-0.1, -0.05) is 208 Å². The molecule has 0 spiro atoms. The Morgan fingerprint density at radius 1 is 0.412 bits per heavy atom. The second-order valence-corrected chi connectivity index (χ2v) is 26.3. The van der Waals surface area contributed by atoms with E-state index in [0.29, 0.717) is 95.6 Å². The van der Waals surface area contributed by atoms with Gasteiger partial charge in [0.15, 0.2) is 5.69 Å². The summed E-state index contributed by atoms with van der Waals surface area (Å²) in [6.07, 6.45) is 0. The first-order valence-corrected chi connectivity index (χ1v) is 28.7. The van der Waals surface area contributed by atoms with Crippen molar-refractivity contribution in [1.82, 2.24) is 39.9 Å². The Morgan fingerprint density at radius 2 is 0.701 bits per heavy atom. The molecule has 11 rings (SSSR count). The van der Waals surface area contributed by atoms with E-state index in [4.69, 9.17) is 87.3 Å². The van der Waals surface area contributed by atoms with E-state index in [0.717, 1.165) is 57.6 Å². The molecule has 0 atom stereocenters. The standard InChI is InChI=1S/C33H15N9.C12H12N2.C9H3N3.3C5H12.2C2H4O2.CH4.5Zn/c34-16-17-13-14-24-25(15-17)33-41-31-23-12-6-5-11-22(23)29(39-31)37-27-19-8-2-1-7-18(19)26(35-27)36-28-20-9-3-4-10-21(20)30(38-28)40-32(24)42-33;1-12(2,3)11-5-4-9(7-13)10(6-11)8-14;1-12-9-3-2-7(5-10)8(4-9)6-11;3*1-5(2,3)4;2*1-2(3)4;;;;;;/h1-15H;4-6H,1-3H3;2-4H;3*1-4H3;2*1H3,(H,3,4);1H4;;;;;/q-2;;;;;;;;;;;;;+2. The van der Waals surface area contributed by atoms with Gasteiger partial charge in [-0.3, -0.25) is 9.59 Å². The van der Waals surface area contributed by atoms with Gasteiger partial charge in [0.25, 0.3) is 11.9 Å². The second kappa shape index (κ2) is 41.7. The fourth-order valence-electron chi connectivity index (χ4n) is 7.57. The van der Waals surface area contributed by atoms with E-state index in [2.05, 4.69) is 115 Å². The maximum atomic E-state index is 9.62. The maximum absolute atomic E-state index is 9.62. The smallest absolute Gasteiger partial charge is 0.481 e. The molecular formula is C74H78N14O4Zn5. The monoisotopic (exact) mass is 1550 g/mol. The van der Waals surface area contributed by atoms with E-state index in [1.54, 1.807) is 24.3 Å². The number of aromatic nitrogens is 8. The molecule has 23 heteroatoms. The minimum absolute atomic E-state index is 0. The van der Waals surface area contributed by atoms with Crippen molar-refractivity contribution < 1.29 is 117 Å². The third-order valence-corrected chi connectivity index (χ3v) is 11.1. The Balaban J connectivity index is -0.00000133. The first-order valence-electron chi connectivity index (χ1n) is 28.7. The van der Waals surface area contributed by atoms with Crippen molar-refractivity contribution in [2.24, 2.45) is 16.2 Å². The summed E-state index contributed by atoms with van der Waals surface area (Å²) in [5.41, 5.74) is 10.1. The van der Waals surface area contributed by atoms with Crippen LogP contribution < -0.4 is 9.97 Å². The average molecular weight is 1550 g/mol. The molecule has 0 fully saturated rings. The van der Waals surface area contributed by atoms with Gasteiger partial charge in [-0.05, 0) is 79.1 Å². The van der Waals surface area contributed by atoms with E-state index >= 15 is 0 Å². The van der Waals surface area contributed by atoms with E-state index in [1.807, 2.05) is 109 Å². The van der Waals surface area contributed by atoms with Gasteiger partial charge in [0.1, 0.15) is 18.2 Å². The molecule has 0 unspecified atom stereocenters. The number of carboxylic acid groups (broad SMARTS) is 2. The fourth-order valence-corrected chi connectivity index (χ4v) is 7.57. The minimum Gasteiger partial charge on any atom is -0.481 e. The van der Waals surface area contributed by atoms with Gasteiger partial charge in [0.05, 0.1) is 69.8 Å². The molecule has 2 aliphatic rings. The topological polar surface area (TPSA) is 303 Å². The predicted molar refractivity (Wildman–Crippen MR) is 364 cm³/mol. The molecule has 2 aliphatic heterocycles. The average Bonchev–Trinajstić information content (AvgIpc) is 1.61. The van der Waals surface area contributed by atoms with Crippen molar-refractivity contribution in [2.75, 3.05) is 0 Å². The summed E-state index contributed by atoms with van der Waals surface area (Å²) in [4.78, 5) is 60.2. The predicted octanol–water partition coefficient (Wildman–Crippen LogP) is 17.7. The summed E-state index contributed by atoms with van der Waals surface area (Å²) in [5, 5.41) is 62.5. The van der Waals surface area contributed by atoms with Gasteiger partial charge in [-0.15, -0.1) is 0 Å². The third kappa shape index (κ3) is 30.3. The van der Waals surface area contributed by atoms with E-state index < -0.39 is 11.9 Å². The first kappa shape index (κ1) is 92.9. The molecular weight excluding hydrogens is 1480 g/mol. The first-order chi connectivity index (χ1) is 42.5. The van der Waals surface area contributed by atoms with Crippen LogP contribution in [0.2, 0.25) is 0 Å². The molecule has 0 radical (unpaired) electrons. The van der Waals surface area contributed by atoms with Crippen molar-refractivity contribution in [2.45, 2.75) is 131 Å². The summed E-state index contributed by atoms with van der Waals surface area (Å²) in [5.74, 6) is 0.248. The molecule has 9 aromatic rings. The van der Waals surface area contributed by atoms with E-state index in [-0.39, 0.29) is 116 Å². The quantitative estimate of drug-likeness (QED) is 0.105. The van der Waals surface area contributed by atoms with Crippen molar-refractivity contribution in [3.8, 4) is 75.9 Å². The molecule has 5 heterocycles. The van der Waals surface area contributed by atoms with Crippen molar-refractivity contribution in [1.29, 1.82) is 26.3 Å². The molecule has 6 aromatic carbocycles.